The van der Waals surface area contributed by atoms with E-state index in [0.29, 0.717) is 51.1 Å². The molecule has 9 heteroatoms. The average Bonchev–Trinajstić information content (AvgIpc) is 2.95. The zero-order valence-electron chi connectivity index (χ0n) is 12.1. The van der Waals surface area contributed by atoms with Gasteiger partial charge in [0.05, 0.1) is 19.1 Å². The first kappa shape index (κ1) is 14.9. The second kappa shape index (κ2) is 5.99. The molecule has 0 spiro atoms. The van der Waals surface area contributed by atoms with Crippen molar-refractivity contribution in [3.05, 3.63) is 11.7 Å². The predicted octanol–water partition coefficient (Wildman–Crippen LogP) is 0.134. The van der Waals surface area contributed by atoms with E-state index in [2.05, 4.69) is 10.1 Å². The van der Waals surface area contributed by atoms with E-state index >= 15 is 0 Å². The molecule has 8 nitrogen and oxygen atoms in total. The van der Waals surface area contributed by atoms with Crippen molar-refractivity contribution >= 4 is 10.2 Å². The van der Waals surface area contributed by atoms with Gasteiger partial charge in [-0.15, -0.1) is 0 Å². The Morgan fingerprint density at radius 3 is 2.62 bits per heavy atom. The summed E-state index contributed by atoms with van der Waals surface area (Å²) in [4.78, 5) is 4.23. The maximum absolute atomic E-state index is 12.7. The number of hydrogen-bond acceptors (Lipinski definition) is 6. The Balaban J connectivity index is 1.73. The van der Waals surface area contributed by atoms with E-state index in [9.17, 15) is 8.42 Å². The zero-order valence-corrected chi connectivity index (χ0v) is 12.9. The Hall–Kier alpha value is -1.03. The Labute approximate surface area is 124 Å². The van der Waals surface area contributed by atoms with Crippen molar-refractivity contribution in [2.24, 2.45) is 0 Å². The highest BCUT2D eigenvalue weighted by Crippen LogP contribution is 2.28. The largest absolute Gasteiger partial charge is 0.379 e. The number of ether oxygens (including phenoxy) is 1. The van der Waals surface area contributed by atoms with Crippen molar-refractivity contribution in [2.75, 3.05) is 39.4 Å². The van der Waals surface area contributed by atoms with Crippen LogP contribution in [0.4, 0.5) is 0 Å². The van der Waals surface area contributed by atoms with Gasteiger partial charge < -0.3 is 9.26 Å². The fraction of sp³-hybridized carbons (Fsp3) is 0.833. The predicted molar refractivity (Wildman–Crippen MR) is 73.9 cm³/mol. The Morgan fingerprint density at radius 1 is 1.19 bits per heavy atom. The number of rotatable bonds is 3. The summed E-state index contributed by atoms with van der Waals surface area (Å²) in [6, 6.07) is 0. The van der Waals surface area contributed by atoms with Crippen molar-refractivity contribution in [2.45, 2.75) is 25.7 Å². The molecule has 0 aromatic carbocycles. The smallest absolute Gasteiger partial charge is 0.282 e. The normalized spacial score (nSPS) is 26.0. The first-order chi connectivity index (χ1) is 10.1. The van der Waals surface area contributed by atoms with Gasteiger partial charge in [0.15, 0.2) is 5.82 Å². The minimum atomic E-state index is -3.42. The fourth-order valence-electron chi connectivity index (χ4n) is 2.77. The SMILES string of the molecule is Cc1noc([C@H]2CCCN(S(=O)(=O)N3CCOCC3)C2)n1. The van der Waals surface area contributed by atoms with Gasteiger partial charge in [-0.05, 0) is 19.8 Å². The maximum Gasteiger partial charge on any atom is 0.282 e. The Bertz CT molecular complexity index is 582. The summed E-state index contributed by atoms with van der Waals surface area (Å²) in [6.07, 6.45) is 1.67. The van der Waals surface area contributed by atoms with E-state index in [1.807, 2.05) is 0 Å². The summed E-state index contributed by atoms with van der Waals surface area (Å²) < 4.78 is 38.7. The third-order valence-electron chi connectivity index (χ3n) is 3.90. The molecule has 0 unspecified atom stereocenters. The van der Waals surface area contributed by atoms with E-state index in [0.717, 1.165) is 12.8 Å². The summed E-state index contributed by atoms with van der Waals surface area (Å²) in [5.41, 5.74) is 0. The molecule has 0 saturated carbocycles. The number of piperidine rings is 1. The first-order valence-corrected chi connectivity index (χ1v) is 8.60. The molecular weight excluding hydrogens is 296 g/mol. The molecular formula is C12H20N4O4S. The second-order valence-electron chi connectivity index (χ2n) is 5.40. The van der Waals surface area contributed by atoms with Gasteiger partial charge in [-0.25, -0.2) is 0 Å². The van der Waals surface area contributed by atoms with Crippen molar-refractivity contribution < 1.29 is 17.7 Å². The van der Waals surface area contributed by atoms with Crippen LogP contribution >= 0.6 is 0 Å². The van der Waals surface area contributed by atoms with Crippen LogP contribution in [0, 0.1) is 6.92 Å². The molecule has 1 atom stereocenters. The molecule has 21 heavy (non-hydrogen) atoms. The summed E-state index contributed by atoms with van der Waals surface area (Å²) in [5, 5.41) is 3.79. The number of hydrogen-bond donors (Lipinski definition) is 0. The molecule has 1 aromatic rings. The van der Waals surface area contributed by atoms with Gasteiger partial charge in [0, 0.05) is 26.2 Å². The van der Waals surface area contributed by atoms with Crippen LogP contribution in [0.1, 0.15) is 30.5 Å². The molecule has 2 fully saturated rings. The van der Waals surface area contributed by atoms with Gasteiger partial charge in [-0.1, -0.05) is 5.16 Å². The van der Waals surface area contributed by atoms with Crippen LogP contribution in [-0.4, -0.2) is 66.6 Å². The van der Waals surface area contributed by atoms with E-state index in [4.69, 9.17) is 9.26 Å². The summed E-state index contributed by atoms with van der Waals surface area (Å²) >= 11 is 0. The van der Waals surface area contributed by atoms with E-state index < -0.39 is 10.2 Å². The van der Waals surface area contributed by atoms with Gasteiger partial charge in [0.25, 0.3) is 10.2 Å². The summed E-state index contributed by atoms with van der Waals surface area (Å²) in [6.45, 7) is 4.47. The van der Waals surface area contributed by atoms with Gasteiger partial charge in [0.2, 0.25) is 5.89 Å². The summed E-state index contributed by atoms with van der Waals surface area (Å²) in [5.74, 6) is 1.10. The van der Waals surface area contributed by atoms with E-state index in [-0.39, 0.29) is 5.92 Å². The van der Waals surface area contributed by atoms with Gasteiger partial charge in [-0.2, -0.15) is 22.0 Å². The molecule has 3 rings (SSSR count). The fourth-order valence-corrected chi connectivity index (χ4v) is 4.44. The molecule has 3 heterocycles. The maximum atomic E-state index is 12.7. The van der Waals surface area contributed by atoms with Gasteiger partial charge >= 0.3 is 0 Å². The van der Waals surface area contributed by atoms with Crippen LogP contribution in [-0.2, 0) is 14.9 Å². The lowest BCUT2D eigenvalue weighted by atomic mass is 10.00. The molecule has 118 valence electrons. The molecule has 0 bridgehead atoms. The third-order valence-corrected chi connectivity index (χ3v) is 5.90. The molecule has 1 aromatic heterocycles. The standard InChI is InChI=1S/C12H20N4O4S/c1-10-13-12(20-14-10)11-3-2-4-16(9-11)21(17,18)15-5-7-19-8-6-15/h11H,2-9H2,1H3/t11-/m0/s1. The second-order valence-corrected chi connectivity index (χ2v) is 7.32. The van der Waals surface area contributed by atoms with E-state index in [1.165, 1.54) is 8.61 Å². The zero-order chi connectivity index (χ0) is 14.9. The number of morpholine rings is 1. The average molecular weight is 316 g/mol. The summed E-state index contributed by atoms with van der Waals surface area (Å²) in [7, 11) is -3.42. The minimum absolute atomic E-state index is 0.0178. The molecule has 0 N–H and O–H groups in total. The topological polar surface area (TPSA) is 88.8 Å². The molecule has 0 aliphatic carbocycles. The molecule has 0 amide bonds. The highest BCUT2D eigenvalue weighted by Gasteiger charge is 2.36. The Morgan fingerprint density at radius 2 is 1.95 bits per heavy atom. The van der Waals surface area contributed by atoms with Crippen LogP contribution in [0.15, 0.2) is 4.52 Å². The number of aryl methyl sites for hydroxylation is 1. The van der Waals surface area contributed by atoms with Crippen LogP contribution in [0.2, 0.25) is 0 Å². The molecule has 2 aliphatic heterocycles. The Kier molecular flexibility index (Phi) is 4.25. The van der Waals surface area contributed by atoms with Crippen LogP contribution in [0.5, 0.6) is 0 Å². The van der Waals surface area contributed by atoms with Crippen LogP contribution in [0.3, 0.4) is 0 Å². The van der Waals surface area contributed by atoms with E-state index in [1.54, 1.807) is 6.92 Å². The highest BCUT2D eigenvalue weighted by atomic mass is 32.2. The lowest BCUT2D eigenvalue weighted by molar-refractivity contribution is 0.0694. The number of aromatic nitrogens is 2. The van der Waals surface area contributed by atoms with Crippen molar-refractivity contribution in [3.63, 3.8) is 0 Å². The van der Waals surface area contributed by atoms with Gasteiger partial charge in [-0.3, -0.25) is 0 Å². The quantitative estimate of drug-likeness (QED) is 0.788. The molecule has 2 aliphatic rings. The lowest BCUT2D eigenvalue weighted by Crippen LogP contribution is -2.51. The third kappa shape index (κ3) is 3.10. The first-order valence-electron chi connectivity index (χ1n) is 7.20. The lowest BCUT2D eigenvalue weighted by Gasteiger charge is -2.35. The van der Waals surface area contributed by atoms with Crippen molar-refractivity contribution in [1.29, 1.82) is 0 Å². The van der Waals surface area contributed by atoms with Crippen molar-refractivity contribution in [1.82, 2.24) is 18.8 Å². The highest BCUT2D eigenvalue weighted by molar-refractivity contribution is 7.86. The number of nitrogens with zero attached hydrogens (tertiary/aromatic N) is 4. The molecule has 2 saturated heterocycles. The monoisotopic (exact) mass is 316 g/mol. The van der Waals surface area contributed by atoms with Crippen LogP contribution in [0.25, 0.3) is 0 Å². The van der Waals surface area contributed by atoms with Gasteiger partial charge in [0.1, 0.15) is 0 Å². The molecule has 0 radical (unpaired) electrons. The van der Waals surface area contributed by atoms with Crippen molar-refractivity contribution in [3.8, 4) is 0 Å². The minimum Gasteiger partial charge on any atom is -0.379 e. The van der Waals surface area contributed by atoms with Crippen LogP contribution < -0.4 is 0 Å².